The summed E-state index contributed by atoms with van der Waals surface area (Å²) in [4.78, 5) is 16.9. The van der Waals surface area contributed by atoms with Gasteiger partial charge < -0.3 is 10.1 Å². The summed E-state index contributed by atoms with van der Waals surface area (Å²) in [6.07, 6.45) is 1.73. The van der Waals surface area contributed by atoms with Gasteiger partial charge in [0.25, 0.3) is 5.91 Å². The van der Waals surface area contributed by atoms with Crippen LogP contribution < -0.4 is 10.1 Å². The first-order chi connectivity index (χ1) is 13.4. The van der Waals surface area contributed by atoms with Gasteiger partial charge in [0.05, 0.1) is 11.7 Å². The summed E-state index contributed by atoms with van der Waals surface area (Å²) >= 11 is 0. The summed E-state index contributed by atoms with van der Waals surface area (Å²) < 4.78 is 5.68. The first-order valence-corrected chi connectivity index (χ1v) is 9.42. The van der Waals surface area contributed by atoms with Crippen molar-refractivity contribution in [1.29, 1.82) is 0 Å². The lowest BCUT2D eigenvalue weighted by molar-refractivity contribution is -0.123. The fourth-order valence-corrected chi connectivity index (χ4v) is 2.92. The molecule has 2 aromatic carbocycles. The maximum absolute atomic E-state index is 12.5. The van der Waals surface area contributed by atoms with Gasteiger partial charge in [-0.2, -0.15) is 0 Å². The van der Waals surface area contributed by atoms with Crippen LogP contribution in [0.2, 0.25) is 0 Å². The Morgan fingerprint density at radius 1 is 0.964 bits per heavy atom. The summed E-state index contributed by atoms with van der Waals surface area (Å²) in [5.41, 5.74) is 3.07. The predicted octanol–water partition coefficient (Wildman–Crippen LogP) is 4.66. The second-order valence-corrected chi connectivity index (χ2v) is 7.73. The molecule has 0 saturated heterocycles. The van der Waals surface area contributed by atoms with E-state index in [1.807, 2.05) is 72.8 Å². The molecule has 0 saturated carbocycles. The van der Waals surface area contributed by atoms with Gasteiger partial charge in [0, 0.05) is 6.20 Å². The molecule has 1 heterocycles. The van der Waals surface area contributed by atoms with Gasteiger partial charge in [-0.15, -0.1) is 0 Å². The van der Waals surface area contributed by atoms with E-state index in [1.54, 1.807) is 6.20 Å². The lowest BCUT2D eigenvalue weighted by Gasteiger charge is -2.20. The maximum atomic E-state index is 12.5. The third-order valence-corrected chi connectivity index (χ3v) is 4.51. The summed E-state index contributed by atoms with van der Waals surface area (Å²) in [6.45, 7) is 6.44. The zero-order chi connectivity index (χ0) is 20.0. The number of amides is 1. The van der Waals surface area contributed by atoms with Crippen LogP contribution in [0, 0.1) is 0 Å². The van der Waals surface area contributed by atoms with Gasteiger partial charge >= 0.3 is 0 Å². The SMILES string of the molecule is CC(C)(C)c1ccc(OCC(=O)NC(c2ccccc2)c2ccccn2)cc1. The van der Waals surface area contributed by atoms with E-state index in [1.165, 1.54) is 5.56 Å². The minimum Gasteiger partial charge on any atom is -0.484 e. The van der Waals surface area contributed by atoms with Crippen LogP contribution in [0.1, 0.15) is 43.6 Å². The summed E-state index contributed by atoms with van der Waals surface area (Å²) in [5.74, 6) is 0.483. The highest BCUT2D eigenvalue weighted by Gasteiger charge is 2.18. The Morgan fingerprint density at radius 3 is 2.25 bits per heavy atom. The van der Waals surface area contributed by atoms with Crippen LogP contribution in [-0.4, -0.2) is 17.5 Å². The van der Waals surface area contributed by atoms with Crippen molar-refractivity contribution < 1.29 is 9.53 Å². The molecule has 0 aliphatic heterocycles. The fraction of sp³-hybridized carbons (Fsp3) is 0.250. The molecule has 1 atom stereocenters. The first-order valence-electron chi connectivity index (χ1n) is 9.42. The van der Waals surface area contributed by atoms with Crippen LogP contribution in [-0.2, 0) is 10.2 Å². The van der Waals surface area contributed by atoms with Gasteiger partial charge in [0.15, 0.2) is 6.61 Å². The Labute approximate surface area is 166 Å². The van der Waals surface area contributed by atoms with E-state index >= 15 is 0 Å². The summed E-state index contributed by atoms with van der Waals surface area (Å²) in [7, 11) is 0. The Bertz CT molecular complexity index is 846. The molecule has 3 rings (SSSR count). The molecule has 0 radical (unpaired) electrons. The minimum atomic E-state index is -0.318. The monoisotopic (exact) mass is 374 g/mol. The second-order valence-electron chi connectivity index (χ2n) is 7.73. The molecular formula is C24H26N2O2. The molecule has 4 heteroatoms. The highest BCUT2D eigenvalue weighted by Crippen LogP contribution is 2.24. The average Bonchev–Trinajstić information content (AvgIpc) is 2.71. The molecule has 1 unspecified atom stereocenters. The number of aromatic nitrogens is 1. The third kappa shape index (κ3) is 5.19. The molecule has 0 bridgehead atoms. The number of benzene rings is 2. The van der Waals surface area contributed by atoms with Crippen LogP contribution in [0.3, 0.4) is 0 Å². The maximum Gasteiger partial charge on any atom is 0.258 e. The number of carbonyl (C=O) groups excluding carboxylic acids is 1. The van der Waals surface area contributed by atoms with E-state index < -0.39 is 0 Å². The number of rotatable bonds is 6. The Hall–Kier alpha value is -3.14. The van der Waals surface area contributed by atoms with Crippen molar-refractivity contribution in [2.75, 3.05) is 6.61 Å². The van der Waals surface area contributed by atoms with Gasteiger partial charge in [0.1, 0.15) is 5.75 Å². The molecule has 4 nitrogen and oxygen atoms in total. The molecule has 28 heavy (non-hydrogen) atoms. The Kier molecular flexibility index (Phi) is 6.09. The summed E-state index contributed by atoms with van der Waals surface area (Å²) in [5, 5.41) is 3.03. The van der Waals surface area contributed by atoms with Gasteiger partial charge in [-0.1, -0.05) is 69.3 Å². The molecule has 0 aliphatic rings. The Morgan fingerprint density at radius 2 is 1.64 bits per heavy atom. The zero-order valence-electron chi connectivity index (χ0n) is 16.6. The molecule has 144 valence electrons. The molecule has 0 spiro atoms. The van der Waals surface area contributed by atoms with E-state index in [-0.39, 0.29) is 24.0 Å². The number of nitrogens with zero attached hydrogens (tertiary/aromatic N) is 1. The van der Waals surface area contributed by atoms with Crippen molar-refractivity contribution in [1.82, 2.24) is 10.3 Å². The van der Waals surface area contributed by atoms with Gasteiger partial charge in [-0.05, 0) is 40.8 Å². The number of carbonyl (C=O) groups is 1. The van der Waals surface area contributed by atoms with Crippen molar-refractivity contribution >= 4 is 5.91 Å². The first kappa shape index (κ1) is 19.6. The largest absolute Gasteiger partial charge is 0.484 e. The lowest BCUT2D eigenvalue weighted by Crippen LogP contribution is -2.33. The van der Waals surface area contributed by atoms with Crippen LogP contribution in [0.15, 0.2) is 79.0 Å². The van der Waals surface area contributed by atoms with Crippen molar-refractivity contribution in [2.24, 2.45) is 0 Å². The normalized spacial score (nSPS) is 12.2. The van der Waals surface area contributed by atoms with Gasteiger partial charge in [-0.3, -0.25) is 9.78 Å². The predicted molar refractivity (Wildman–Crippen MR) is 111 cm³/mol. The number of pyridine rings is 1. The smallest absolute Gasteiger partial charge is 0.258 e. The molecule has 0 aliphatic carbocycles. The fourth-order valence-electron chi connectivity index (χ4n) is 2.92. The van der Waals surface area contributed by atoms with E-state index in [9.17, 15) is 4.79 Å². The van der Waals surface area contributed by atoms with Crippen LogP contribution in [0.25, 0.3) is 0 Å². The van der Waals surface area contributed by atoms with Crippen molar-refractivity contribution in [3.8, 4) is 5.75 Å². The molecular weight excluding hydrogens is 348 g/mol. The quantitative estimate of drug-likeness (QED) is 0.682. The molecule has 1 N–H and O–H groups in total. The zero-order valence-corrected chi connectivity index (χ0v) is 16.6. The standard InChI is InChI=1S/C24H26N2O2/c1-24(2,3)19-12-14-20(15-13-19)28-17-22(27)26-23(18-9-5-4-6-10-18)21-11-7-8-16-25-21/h4-16,23H,17H2,1-3H3,(H,26,27). The highest BCUT2D eigenvalue weighted by atomic mass is 16.5. The number of ether oxygens (including phenoxy) is 1. The molecule has 1 aromatic heterocycles. The average molecular weight is 374 g/mol. The van der Waals surface area contributed by atoms with E-state index in [4.69, 9.17) is 4.74 Å². The van der Waals surface area contributed by atoms with Crippen LogP contribution in [0.4, 0.5) is 0 Å². The van der Waals surface area contributed by atoms with Gasteiger partial charge in [0.2, 0.25) is 0 Å². The Balaban J connectivity index is 1.66. The summed E-state index contributed by atoms with van der Waals surface area (Å²) in [6, 6.07) is 23.0. The number of nitrogens with one attached hydrogen (secondary N) is 1. The second kappa shape index (κ2) is 8.70. The number of hydrogen-bond acceptors (Lipinski definition) is 3. The lowest BCUT2D eigenvalue weighted by atomic mass is 9.87. The molecule has 0 fully saturated rings. The van der Waals surface area contributed by atoms with Crippen molar-refractivity contribution in [3.05, 3.63) is 95.8 Å². The van der Waals surface area contributed by atoms with E-state index in [0.29, 0.717) is 5.75 Å². The molecule has 1 amide bonds. The van der Waals surface area contributed by atoms with Crippen LogP contribution >= 0.6 is 0 Å². The van der Waals surface area contributed by atoms with Crippen LogP contribution in [0.5, 0.6) is 5.75 Å². The van der Waals surface area contributed by atoms with Crippen molar-refractivity contribution in [2.45, 2.75) is 32.2 Å². The minimum absolute atomic E-state index is 0.0506. The van der Waals surface area contributed by atoms with E-state index in [0.717, 1.165) is 11.3 Å². The molecule has 3 aromatic rings. The van der Waals surface area contributed by atoms with Gasteiger partial charge in [-0.25, -0.2) is 0 Å². The van der Waals surface area contributed by atoms with Crippen molar-refractivity contribution in [3.63, 3.8) is 0 Å². The number of hydrogen-bond donors (Lipinski definition) is 1. The third-order valence-electron chi connectivity index (χ3n) is 4.51. The van der Waals surface area contributed by atoms with E-state index in [2.05, 4.69) is 31.1 Å². The highest BCUT2D eigenvalue weighted by molar-refractivity contribution is 5.78. The topological polar surface area (TPSA) is 51.2 Å².